The number of unbranched alkanes of at least 4 members (excludes halogenated alkanes) is 2. The number of carbonyl (C=O) groups is 1. The Morgan fingerprint density at radius 2 is 1.90 bits per heavy atom. The maximum Gasteiger partial charge on any atom is 1.00 e. The SMILES string of the molecule is CC1(C)C=C(CS(=O)(=O)[O-])c2cc3c(C(F)(F)F)cc(=O)oc3cc2N1CCCCCC(=O)NCCCN=[N+]=[N-].[K+]. The van der Waals surface area contributed by atoms with E-state index in [0.29, 0.717) is 50.5 Å². The van der Waals surface area contributed by atoms with Crippen molar-refractivity contribution < 1.29 is 86.7 Å². The first kappa shape index (κ1) is 35.3. The van der Waals surface area contributed by atoms with E-state index in [4.69, 9.17) is 9.95 Å². The van der Waals surface area contributed by atoms with Gasteiger partial charge in [-0.2, -0.15) is 13.2 Å². The number of amides is 1. The van der Waals surface area contributed by atoms with Crippen molar-refractivity contribution in [2.24, 2.45) is 5.11 Å². The molecule has 16 heteroatoms. The number of fused-ring (bicyclic) bond motifs is 2. The quantitative estimate of drug-likeness (QED) is 0.0714. The summed E-state index contributed by atoms with van der Waals surface area (Å²) in [5.41, 5.74) is 5.20. The molecule has 2 heterocycles. The molecule has 0 radical (unpaired) electrons. The second kappa shape index (κ2) is 14.5. The van der Waals surface area contributed by atoms with Crippen LogP contribution in [0.25, 0.3) is 27.0 Å². The maximum absolute atomic E-state index is 13.7. The summed E-state index contributed by atoms with van der Waals surface area (Å²) in [6.45, 7) is 4.60. The van der Waals surface area contributed by atoms with Gasteiger partial charge in [-0.25, -0.2) is 13.2 Å². The number of alkyl halides is 3. The van der Waals surface area contributed by atoms with Gasteiger partial charge in [0.25, 0.3) is 0 Å². The second-order valence-electron chi connectivity index (χ2n) is 9.99. The molecule has 0 bridgehead atoms. The normalized spacial score (nSPS) is 14.5. The Morgan fingerprint density at radius 3 is 2.54 bits per heavy atom. The standard InChI is InChI=1S/C25H30F3N5O6S.K/c1-24(2)14-16(15-40(36,37)38)17-11-18-19(25(26,27)28)12-23(35)39-21(18)13-20(17)33(24)10-5-3-4-7-22(34)30-8-6-9-31-32-29;/h11-14H,3-10,15H2,1-2H3,(H,30,34)(H,36,37,38);/q;+1/p-1. The van der Waals surface area contributed by atoms with Gasteiger partial charge in [0.15, 0.2) is 0 Å². The molecule has 0 aliphatic carbocycles. The van der Waals surface area contributed by atoms with Crippen molar-refractivity contribution in [2.45, 2.75) is 57.7 Å². The summed E-state index contributed by atoms with van der Waals surface area (Å²) in [5.74, 6) is -1.06. The molecule has 1 aromatic heterocycles. The van der Waals surface area contributed by atoms with Gasteiger partial charge in [-0.05, 0) is 50.3 Å². The average molecular weight is 624 g/mol. The van der Waals surface area contributed by atoms with Crippen LogP contribution in [0.1, 0.15) is 57.1 Å². The van der Waals surface area contributed by atoms with E-state index >= 15 is 0 Å². The third-order valence-electron chi connectivity index (χ3n) is 6.46. The molecule has 0 saturated heterocycles. The molecule has 218 valence electrons. The Balaban J connectivity index is 0.00000588. The molecule has 0 spiro atoms. The molecule has 1 aliphatic rings. The summed E-state index contributed by atoms with van der Waals surface area (Å²) < 4.78 is 81.2. The smallest absolute Gasteiger partial charge is 0.748 e. The monoisotopic (exact) mass is 623 g/mol. The Bertz CT molecular complexity index is 1520. The summed E-state index contributed by atoms with van der Waals surface area (Å²) in [5, 5.41) is 5.70. The first-order valence-electron chi connectivity index (χ1n) is 12.5. The number of halogens is 3. The molecule has 2 aromatic rings. The first-order valence-corrected chi connectivity index (χ1v) is 14.1. The minimum Gasteiger partial charge on any atom is -0.748 e. The number of benzene rings is 1. The fraction of sp³-hybridized carbons (Fsp3) is 0.520. The number of anilines is 1. The maximum atomic E-state index is 13.7. The zero-order chi connectivity index (χ0) is 29.7. The van der Waals surface area contributed by atoms with E-state index in [1.54, 1.807) is 19.9 Å². The molecule has 1 amide bonds. The molecule has 0 unspecified atom stereocenters. The molecule has 1 aliphatic heterocycles. The van der Waals surface area contributed by atoms with Crippen molar-refractivity contribution in [1.29, 1.82) is 0 Å². The van der Waals surface area contributed by atoms with Gasteiger partial charge < -0.3 is 19.2 Å². The molecular formula is C25H29F3KN5O6S. The third-order valence-corrected chi connectivity index (χ3v) is 7.13. The van der Waals surface area contributed by atoms with Crippen molar-refractivity contribution in [3.05, 3.63) is 56.3 Å². The largest absolute Gasteiger partial charge is 1.00 e. The Kier molecular flexibility index (Phi) is 12.5. The number of hydrogen-bond acceptors (Lipinski definition) is 8. The van der Waals surface area contributed by atoms with Crippen LogP contribution in [0.2, 0.25) is 0 Å². The summed E-state index contributed by atoms with van der Waals surface area (Å²) >= 11 is 0. The molecule has 0 atom stereocenters. The van der Waals surface area contributed by atoms with E-state index in [0.717, 1.165) is 6.07 Å². The van der Waals surface area contributed by atoms with Crippen molar-refractivity contribution in [3.8, 4) is 0 Å². The van der Waals surface area contributed by atoms with E-state index < -0.39 is 44.2 Å². The van der Waals surface area contributed by atoms with Gasteiger partial charge in [-0.15, -0.1) is 0 Å². The van der Waals surface area contributed by atoms with Gasteiger partial charge in [0, 0.05) is 59.7 Å². The van der Waals surface area contributed by atoms with Crippen molar-refractivity contribution in [1.82, 2.24) is 5.32 Å². The van der Waals surface area contributed by atoms with E-state index in [2.05, 4.69) is 15.3 Å². The Morgan fingerprint density at radius 1 is 1.20 bits per heavy atom. The number of nitrogens with one attached hydrogen (secondary N) is 1. The van der Waals surface area contributed by atoms with Crippen LogP contribution in [0.15, 0.2) is 38.6 Å². The van der Waals surface area contributed by atoms with Crippen molar-refractivity contribution in [2.75, 3.05) is 30.3 Å². The minimum absolute atomic E-state index is 0. The zero-order valence-corrected chi connectivity index (χ0v) is 26.9. The number of azide groups is 1. The third kappa shape index (κ3) is 9.81. The van der Waals surface area contributed by atoms with Gasteiger partial charge in [-0.3, -0.25) is 4.79 Å². The average Bonchev–Trinajstić information content (AvgIpc) is 2.82. The number of nitrogens with zero attached hydrogens (tertiary/aromatic N) is 4. The van der Waals surface area contributed by atoms with Gasteiger partial charge in [0.2, 0.25) is 5.91 Å². The molecule has 1 aromatic carbocycles. The van der Waals surface area contributed by atoms with Gasteiger partial charge in [0.05, 0.1) is 27.0 Å². The zero-order valence-electron chi connectivity index (χ0n) is 23.0. The molecule has 41 heavy (non-hydrogen) atoms. The molecule has 0 saturated carbocycles. The van der Waals surface area contributed by atoms with Crippen molar-refractivity contribution in [3.63, 3.8) is 0 Å². The second-order valence-corrected chi connectivity index (χ2v) is 11.4. The van der Waals surface area contributed by atoms with Gasteiger partial charge >= 0.3 is 63.2 Å². The summed E-state index contributed by atoms with van der Waals surface area (Å²) in [6.07, 6.45) is -0.722. The molecule has 11 nitrogen and oxygen atoms in total. The van der Waals surface area contributed by atoms with E-state index in [1.165, 1.54) is 6.07 Å². The first-order chi connectivity index (χ1) is 18.6. The number of carbonyl (C=O) groups excluding carboxylic acids is 1. The molecule has 0 fully saturated rings. The topological polar surface area (TPSA) is 169 Å². The molecule has 3 rings (SSSR count). The van der Waals surface area contributed by atoms with E-state index in [1.807, 2.05) is 4.90 Å². The Labute approximate surface area is 277 Å². The summed E-state index contributed by atoms with van der Waals surface area (Å²) in [7, 11) is -4.77. The minimum atomic E-state index is -4.87. The van der Waals surface area contributed by atoms with Crippen LogP contribution in [0.5, 0.6) is 0 Å². The van der Waals surface area contributed by atoms with Crippen molar-refractivity contribution >= 4 is 38.3 Å². The van der Waals surface area contributed by atoms with Crippen LogP contribution in [-0.4, -0.2) is 49.8 Å². The molecular weight excluding hydrogens is 594 g/mol. The number of hydrogen-bond donors (Lipinski definition) is 1. The summed E-state index contributed by atoms with van der Waals surface area (Å²) in [4.78, 5) is 28.4. The van der Waals surface area contributed by atoms with Crippen LogP contribution in [0.3, 0.4) is 0 Å². The van der Waals surface area contributed by atoms with Gasteiger partial charge in [-0.1, -0.05) is 17.6 Å². The fourth-order valence-electron chi connectivity index (χ4n) is 4.77. The van der Waals surface area contributed by atoms with Crippen LogP contribution in [0, 0.1) is 0 Å². The van der Waals surface area contributed by atoms with Crippen LogP contribution < -0.4 is 67.2 Å². The predicted molar refractivity (Wildman–Crippen MR) is 142 cm³/mol. The molecule has 1 N–H and O–H groups in total. The Hall–Kier alpha value is -1.91. The number of rotatable bonds is 12. The van der Waals surface area contributed by atoms with E-state index in [9.17, 15) is 35.7 Å². The van der Waals surface area contributed by atoms with Crippen LogP contribution in [0.4, 0.5) is 18.9 Å². The van der Waals surface area contributed by atoms with E-state index in [-0.39, 0.29) is 87.0 Å². The van der Waals surface area contributed by atoms with Crippen LogP contribution >= 0.6 is 0 Å². The van der Waals surface area contributed by atoms with Crippen LogP contribution in [-0.2, 0) is 21.1 Å². The predicted octanol–water partition coefficient (Wildman–Crippen LogP) is 1.72. The fourth-order valence-corrected chi connectivity index (χ4v) is 5.39. The van der Waals surface area contributed by atoms with Gasteiger partial charge in [0.1, 0.15) is 5.58 Å². The summed E-state index contributed by atoms with van der Waals surface area (Å²) in [6, 6.07) is 2.72.